The molecular formula is C25H29N5O3S. The van der Waals surface area contributed by atoms with Crippen LogP contribution in [0.4, 0.5) is 0 Å². The van der Waals surface area contributed by atoms with Crippen molar-refractivity contribution in [2.45, 2.75) is 58.8 Å². The van der Waals surface area contributed by atoms with Crippen LogP contribution in [-0.2, 0) is 22.7 Å². The van der Waals surface area contributed by atoms with E-state index in [2.05, 4.69) is 15.6 Å². The van der Waals surface area contributed by atoms with Crippen molar-refractivity contribution in [2.24, 2.45) is 0 Å². The van der Waals surface area contributed by atoms with Crippen LogP contribution in [0.15, 0.2) is 58.3 Å². The molecular weight excluding hydrogens is 450 g/mol. The lowest BCUT2D eigenvalue weighted by Crippen LogP contribution is -2.50. The van der Waals surface area contributed by atoms with Gasteiger partial charge in [-0.1, -0.05) is 30.3 Å². The molecule has 0 saturated heterocycles. The van der Waals surface area contributed by atoms with Gasteiger partial charge in [-0.15, -0.1) is 16.4 Å². The maximum Gasteiger partial charge on any atom is 0.251 e. The summed E-state index contributed by atoms with van der Waals surface area (Å²) in [5, 5.41) is 13.4. The van der Waals surface area contributed by atoms with Gasteiger partial charge in [0.2, 0.25) is 5.91 Å². The Labute approximate surface area is 202 Å². The lowest BCUT2D eigenvalue weighted by molar-refractivity contribution is -0.143. The van der Waals surface area contributed by atoms with E-state index in [1.165, 1.54) is 11.3 Å². The van der Waals surface area contributed by atoms with E-state index in [0.29, 0.717) is 17.0 Å². The standard InChI is InChI=1S/C25H29N5O3S/c1-5-25(3,4)26-24(32)23(21-13-12-17(2)33-21)29(15-18-9-8-14-34-18)22(31)16-30-20-11-7-6-10-19(20)27-28-30/h6-14,23H,5,15-16H2,1-4H3,(H,26,32)/t23-/m0/s1. The molecule has 4 aromatic rings. The molecule has 1 atom stereocenters. The molecule has 1 aromatic carbocycles. The summed E-state index contributed by atoms with van der Waals surface area (Å²) < 4.78 is 7.45. The van der Waals surface area contributed by atoms with Gasteiger partial charge in [0, 0.05) is 10.4 Å². The van der Waals surface area contributed by atoms with E-state index in [1.807, 2.05) is 69.5 Å². The predicted octanol–water partition coefficient (Wildman–Crippen LogP) is 4.47. The number of carbonyl (C=O) groups excluding carboxylic acids is 2. The van der Waals surface area contributed by atoms with Crippen LogP contribution in [0.1, 0.15) is 49.6 Å². The number of nitrogens with zero attached hydrogens (tertiary/aromatic N) is 4. The molecule has 1 N–H and O–H groups in total. The van der Waals surface area contributed by atoms with Gasteiger partial charge >= 0.3 is 0 Å². The van der Waals surface area contributed by atoms with Crippen LogP contribution in [-0.4, -0.2) is 37.2 Å². The molecule has 0 bridgehead atoms. The molecule has 4 rings (SSSR count). The number of carbonyl (C=O) groups is 2. The Morgan fingerprint density at radius 1 is 1.18 bits per heavy atom. The third-order valence-corrected chi connectivity index (χ3v) is 6.73. The molecule has 0 radical (unpaired) electrons. The second kappa shape index (κ2) is 9.80. The van der Waals surface area contributed by atoms with E-state index in [-0.39, 0.29) is 24.9 Å². The molecule has 0 spiro atoms. The number of amides is 2. The topological polar surface area (TPSA) is 93.3 Å². The summed E-state index contributed by atoms with van der Waals surface area (Å²) in [5.41, 5.74) is 1.03. The molecule has 8 nitrogen and oxygen atoms in total. The number of nitrogens with one attached hydrogen (secondary N) is 1. The van der Waals surface area contributed by atoms with Crippen molar-refractivity contribution >= 4 is 34.2 Å². The first-order chi connectivity index (χ1) is 16.3. The Kier molecular flexibility index (Phi) is 6.83. The Morgan fingerprint density at radius 3 is 2.65 bits per heavy atom. The van der Waals surface area contributed by atoms with Crippen LogP contribution in [0.2, 0.25) is 0 Å². The second-order valence-corrected chi connectivity index (χ2v) is 9.95. The fraction of sp³-hybridized carbons (Fsp3) is 0.360. The lowest BCUT2D eigenvalue weighted by atomic mass is 10.0. The van der Waals surface area contributed by atoms with E-state index >= 15 is 0 Å². The van der Waals surface area contributed by atoms with Crippen LogP contribution in [0, 0.1) is 6.92 Å². The summed E-state index contributed by atoms with van der Waals surface area (Å²) in [4.78, 5) is 29.9. The van der Waals surface area contributed by atoms with Crippen molar-refractivity contribution < 1.29 is 14.0 Å². The highest BCUT2D eigenvalue weighted by atomic mass is 32.1. The molecule has 3 heterocycles. The number of hydrogen-bond acceptors (Lipinski definition) is 6. The van der Waals surface area contributed by atoms with Crippen molar-refractivity contribution in [3.05, 3.63) is 70.3 Å². The van der Waals surface area contributed by atoms with Gasteiger partial charge in [0.25, 0.3) is 5.91 Å². The zero-order valence-corrected chi connectivity index (χ0v) is 20.6. The number of benzene rings is 1. The highest BCUT2D eigenvalue weighted by Gasteiger charge is 2.36. The van der Waals surface area contributed by atoms with E-state index in [4.69, 9.17) is 4.42 Å². The number of hydrogen-bond donors (Lipinski definition) is 1. The SMILES string of the molecule is CCC(C)(C)NC(=O)[C@H](c1ccc(C)o1)N(Cc1cccs1)C(=O)Cn1nnc2ccccc21. The van der Waals surface area contributed by atoms with Crippen LogP contribution in [0.3, 0.4) is 0 Å². The van der Waals surface area contributed by atoms with Crippen molar-refractivity contribution in [1.82, 2.24) is 25.2 Å². The summed E-state index contributed by atoms with van der Waals surface area (Å²) in [6.45, 7) is 7.98. The average molecular weight is 480 g/mol. The monoisotopic (exact) mass is 479 g/mol. The van der Waals surface area contributed by atoms with Crippen LogP contribution in [0.25, 0.3) is 11.0 Å². The Hall–Kier alpha value is -3.46. The minimum Gasteiger partial charge on any atom is -0.464 e. The van der Waals surface area contributed by atoms with Crippen molar-refractivity contribution in [3.8, 4) is 0 Å². The quantitative estimate of drug-likeness (QED) is 0.382. The van der Waals surface area contributed by atoms with Crippen molar-refractivity contribution in [3.63, 3.8) is 0 Å². The molecule has 0 aliphatic heterocycles. The maximum absolute atomic E-state index is 13.8. The van der Waals surface area contributed by atoms with E-state index in [9.17, 15) is 9.59 Å². The van der Waals surface area contributed by atoms with Gasteiger partial charge in [-0.3, -0.25) is 9.59 Å². The fourth-order valence-corrected chi connectivity index (χ4v) is 4.36. The second-order valence-electron chi connectivity index (χ2n) is 8.91. The highest BCUT2D eigenvalue weighted by Crippen LogP contribution is 2.28. The fourth-order valence-electron chi connectivity index (χ4n) is 3.66. The first-order valence-electron chi connectivity index (χ1n) is 11.3. The first kappa shape index (κ1) is 23.7. The largest absolute Gasteiger partial charge is 0.464 e. The number of fused-ring (bicyclic) bond motifs is 1. The molecule has 3 aromatic heterocycles. The summed E-state index contributed by atoms with van der Waals surface area (Å²) >= 11 is 1.54. The third kappa shape index (κ3) is 5.20. The van der Waals surface area contributed by atoms with Gasteiger partial charge in [0.05, 0.1) is 12.1 Å². The molecule has 0 fully saturated rings. The minimum atomic E-state index is -0.927. The summed E-state index contributed by atoms with van der Waals surface area (Å²) in [7, 11) is 0. The normalized spacial score (nSPS) is 12.6. The number of rotatable bonds is 9. The molecule has 2 amide bonds. The molecule has 0 aliphatic carbocycles. The number of para-hydroxylation sites is 1. The molecule has 0 saturated carbocycles. The Bertz CT molecular complexity index is 1270. The Morgan fingerprint density at radius 2 is 1.97 bits per heavy atom. The highest BCUT2D eigenvalue weighted by molar-refractivity contribution is 7.09. The van der Waals surface area contributed by atoms with Gasteiger partial charge in [-0.25, -0.2) is 4.68 Å². The van der Waals surface area contributed by atoms with Crippen molar-refractivity contribution in [2.75, 3.05) is 0 Å². The Balaban J connectivity index is 1.72. The van der Waals surface area contributed by atoms with E-state index < -0.39 is 11.6 Å². The van der Waals surface area contributed by atoms with Crippen molar-refractivity contribution in [1.29, 1.82) is 0 Å². The number of furan rings is 1. The maximum atomic E-state index is 13.8. The zero-order chi connectivity index (χ0) is 24.3. The van der Waals surface area contributed by atoms with Crippen LogP contribution < -0.4 is 5.32 Å². The van der Waals surface area contributed by atoms with Crippen LogP contribution in [0.5, 0.6) is 0 Å². The summed E-state index contributed by atoms with van der Waals surface area (Å²) in [6, 6.07) is 14.0. The zero-order valence-electron chi connectivity index (χ0n) is 19.8. The van der Waals surface area contributed by atoms with Gasteiger partial charge in [-0.2, -0.15) is 0 Å². The molecule has 9 heteroatoms. The molecule has 0 aliphatic rings. The van der Waals surface area contributed by atoms with E-state index in [1.54, 1.807) is 21.7 Å². The smallest absolute Gasteiger partial charge is 0.251 e. The molecule has 178 valence electrons. The summed E-state index contributed by atoms with van der Waals surface area (Å²) in [6.07, 6.45) is 0.743. The molecule has 34 heavy (non-hydrogen) atoms. The lowest BCUT2D eigenvalue weighted by Gasteiger charge is -2.33. The molecule has 0 unspecified atom stereocenters. The minimum absolute atomic E-state index is 0.0491. The van der Waals surface area contributed by atoms with Gasteiger partial charge in [0.15, 0.2) is 6.04 Å². The van der Waals surface area contributed by atoms with Crippen LogP contribution >= 0.6 is 11.3 Å². The summed E-state index contributed by atoms with van der Waals surface area (Å²) in [5.74, 6) is 0.561. The van der Waals surface area contributed by atoms with Gasteiger partial charge < -0.3 is 14.6 Å². The predicted molar refractivity (Wildman–Crippen MR) is 131 cm³/mol. The third-order valence-electron chi connectivity index (χ3n) is 5.87. The number of aryl methyl sites for hydroxylation is 1. The number of aromatic nitrogens is 3. The first-order valence-corrected chi connectivity index (χ1v) is 12.1. The van der Waals surface area contributed by atoms with E-state index in [0.717, 1.165) is 16.8 Å². The average Bonchev–Trinajstić information content (AvgIpc) is 3.55. The van der Waals surface area contributed by atoms with Gasteiger partial charge in [-0.05, 0) is 62.9 Å². The van der Waals surface area contributed by atoms with Gasteiger partial charge in [0.1, 0.15) is 23.6 Å². The number of thiophene rings is 1.